The summed E-state index contributed by atoms with van der Waals surface area (Å²) in [5.41, 5.74) is 6.91. The Hall–Kier alpha value is -1.76. The normalized spacial score (nSPS) is 17.4. The Morgan fingerprint density at radius 3 is 2.68 bits per heavy atom. The van der Waals surface area contributed by atoms with E-state index in [1.807, 2.05) is 0 Å². The van der Waals surface area contributed by atoms with Crippen molar-refractivity contribution in [2.45, 2.75) is 51.9 Å². The average Bonchev–Trinajstić information content (AvgIpc) is 3.03. The van der Waals surface area contributed by atoms with Gasteiger partial charge in [0.2, 0.25) is 0 Å². The van der Waals surface area contributed by atoms with Crippen LogP contribution in [0.15, 0.2) is 0 Å². The van der Waals surface area contributed by atoms with Crippen molar-refractivity contribution in [3.63, 3.8) is 0 Å². The quantitative estimate of drug-likeness (QED) is 0.664. The second-order valence-electron chi connectivity index (χ2n) is 7.00. The molecule has 0 bridgehead atoms. The molecule has 140 valence electrons. The Kier molecular flexibility index (Phi) is 6.55. The molecule has 1 saturated heterocycles. The molecule has 1 aromatic rings. The van der Waals surface area contributed by atoms with E-state index in [1.165, 1.54) is 45.3 Å². The molecule has 3 heterocycles. The number of aromatic nitrogens is 2. The smallest absolute Gasteiger partial charge is 0.320 e. The summed E-state index contributed by atoms with van der Waals surface area (Å²) >= 11 is 0. The molecule has 7 nitrogen and oxygen atoms in total. The zero-order chi connectivity index (χ0) is 17.5. The number of nitrogens with two attached hydrogens (primary N) is 1. The number of nitrogens with one attached hydrogen (secondary N) is 1. The van der Waals surface area contributed by atoms with Gasteiger partial charge in [0.25, 0.3) is 0 Å². The van der Waals surface area contributed by atoms with Gasteiger partial charge in [-0.25, -0.2) is 0 Å². The van der Waals surface area contributed by atoms with E-state index in [0.717, 1.165) is 44.0 Å². The molecule has 0 radical (unpaired) electrons. The fourth-order valence-electron chi connectivity index (χ4n) is 3.47. The monoisotopic (exact) mass is 348 g/mol. The molecule has 1 fully saturated rings. The zero-order valence-corrected chi connectivity index (χ0v) is 15.5. The highest BCUT2D eigenvalue weighted by Crippen LogP contribution is 2.34. The Balaban J connectivity index is 1.49. The van der Waals surface area contributed by atoms with Crippen molar-refractivity contribution < 1.29 is 4.74 Å². The van der Waals surface area contributed by atoms with E-state index >= 15 is 0 Å². The van der Waals surface area contributed by atoms with E-state index in [1.54, 1.807) is 0 Å². The van der Waals surface area contributed by atoms with Crippen LogP contribution in [0.2, 0.25) is 0 Å². The molecular weight excluding hydrogens is 316 g/mol. The molecule has 2 aliphatic rings. The lowest BCUT2D eigenvalue weighted by molar-refractivity contribution is 0.225. The van der Waals surface area contributed by atoms with Crippen LogP contribution in [0.4, 0.5) is 17.3 Å². The number of ether oxygens (including phenoxy) is 1. The van der Waals surface area contributed by atoms with E-state index in [2.05, 4.69) is 32.0 Å². The first-order valence-corrected chi connectivity index (χ1v) is 9.79. The third-order valence-corrected chi connectivity index (χ3v) is 4.97. The molecule has 0 aromatic carbocycles. The third-order valence-electron chi connectivity index (χ3n) is 4.97. The first-order valence-electron chi connectivity index (χ1n) is 9.79. The fraction of sp³-hybridized carbons (Fsp3) is 0.778. The summed E-state index contributed by atoms with van der Waals surface area (Å²) < 4.78 is 5.64. The van der Waals surface area contributed by atoms with Crippen molar-refractivity contribution in [2.75, 3.05) is 55.4 Å². The zero-order valence-electron chi connectivity index (χ0n) is 15.5. The number of nitrogens with zero attached hydrogens (tertiary/aromatic N) is 4. The Morgan fingerprint density at radius 1 is 1.08 bits per heavy atom. The van der Waals surface area contributed by atoms with E-state index < -0.39 is 0 Å². The summed E-state index contributed by atoms with van der Waals surface area (Å²) in [5.74, 6) is 1.37. The van der Waals surface area contributed by atoms with Crippen molar-refractivity contribution in [1.29, 1.82) is 0 Å². The van der Waals surface area contributed by atoms with Gasteiger partial charge in [0, 0.05) is 6.54 Å². The van der Waals surface area contributed by atoms with Crippen LogP contribution in [0.25, 0.3) is 0 Å². The maximum atomic E-state index is 6.06. The van der Waals surface area contributed by atoms with Gasteiger partial charge in [-0.1, -0.05) is 19.8 Å². The SMILES string of the molecule is CCCCOc1nc(N)c2c(n1)N(CCCCN1CCCCC1)CN2. The van der Waals surface area contributed by atoms with Crippen molar-refractivity contribution in [2.24, 2.45) is 0 Å². The van der Waals surface area contributed by atoms with Crippen LogP contribution in [0.1, 0.15) is 51.9 Å². The molecule has 0 spiro atoms. The van der Waals surface area contributed by atoms with Crippen LogP contribution < -0.4 is 20.7 Å². The maximum absolute atomic E-state index is 6.06. The fourth-order valence-corrected chi connectivity index (χ4v) is 3.47. The van der Waals surface area contributed by atoms with Crippen LogP contribution >= 0.6 is 0 Å². The lowest BCUT2D eigenvalue weighted by Gasteiger charge is -2.26. The minimum Gasteiger partial charge on any atom is -0.463 e. The summed E-state index contributed by atoms with van der Waals surface area (Å²) in [6.07, 6.45) is 8.60. The van der Waals surface area contributed by atoms with Gasteiger partial charge in [-0.15, -0.1) is 0 Å². The number of rotatable bonds is 9. The minimum atomic E-state index is 0.395. The van der Waals surface area contributed by atoms with Crippen molar-refractivity contribution >= 4 is 17.3 Å². The minimum absolute atomic E-state index is 0.395. The standard InChI is InChI=1S/C18H32N6O/c1-2-3-13-25-18-21-16(19)15-17(22-18)24(14-20-15)12-8-7-11-23-9-5-4-6-10-23/h20H,2-14H2,1H3,(H2,19,21,22). The predicted molar refractivity (Wildman–Crippen MR) is 102 cm³/mol. The second-order valence-corrected chi connectivity index (χ2v) is 7.00. The van der Waals surface area contributed by atoms with Crippen LogP contribution in [0, 0.1) is 0 Å². The molecule has 0 unspecified atom stereocenters. The van der Waals surface area contributed by atoms with Crippen LogP contribution in [0.3, 0.4) is 0 Å². The summed E-state index contributed by atoms with van der Waals surface area (Å²) in [7, 11) is 0. The molecule has 7 heteroatoms. The molecule has 25 heavy (non-hydrogen) atoms. The Bertz CT molecular complexity index is 547. The van der Waals surface area contributed by atoms with Crippen molar-refractivity contribution in [3.05, 3.63) is 0 Å². The lowest BCUT2D eigenvalue weighted by Crippen LogP contribution is -2.31. The number of unbranched alkanes of at least 4 members (excludes halogenated alkanes) is 2. The van der Waals surface area contributed by atoms with E-state index in [0.29, 0.717) is 18.4 Å². The number of likely N-dealkylation sites (tertiary alicyclic amines) is 1. The van der Waals surface area contributed by atoms with Gasteiger partial charge in [0.05, 0.1) is 13.3 Å². The summed E-state index contributed by atoms with van der Waals surface area (Å²) in [5, 5.41) is 3.31. The first-order chi connectivity index (χ1) is 12.3. The summed E-state index contributed by atoms with van der Waals surface area (Å²) in [4.78, 5) is 13.7. The maximum Gasteiger partial charge on any atom is 0.320 e. The van der Waals surface area contributed by atoms with E-state index in [-0.39, 0.29) is 0 Å². The lowest BCUT2D eigenvalue weighted by atomic mass is 10.1. The molecular formula is C18H32N6O. The van der Waals surface area contributed by atoms with Gasteiger partial charge in [-0.3, -0.25) is 0 Å². The number of anilines is 3. The molecule has 3 rings (SSSR count). The highest BCUT2D eigenvalue weighted by molar-refractivity contribution is 5.80. The van der Waals surface area contributed by atoms with Crippen molar-refractivity contribution in [1.82, 2.24) is 14.9 Å². The molecule has 0 aliphatic carbocycles. The van der Waals surface area contributed by atoms with Gasteiger partial charge < -0.3 is 25.6 Å². The molecule has 2 aliphatic heterocycles. The second kappa shape index (κ2) is 9.08. The van der Waals surface area contributed by atoms with Crippen LogP contribution in [-0.2, 0) is 0 Å². The summed E-state index contributed by atoms with van der Waals surface area (Å²) in [6.45, 7) is 8.27. The van der Waals surface area contributed by atoms with Gasteiger partial charge >= 0.3 is 6.01 Å². The molecule has 1 aromatic heterocycles. The van der Waals surface area contributed by atoms with E-state index in [9.17, 15) is 0 Å². The number of hydrogen-bond donors (Lipinski definition) is 2. The highest BCUT2D eigenvalue weighted by Gasteiger charge is 2.24. The number of hydrogen-bond acceptors (Lipinski definition) is 7. The first kappa shape index (κ1) is 18.0. The Labute approximate surface area is 150 Å². The van der Waals surface area contributed by atoms with Crippen LogP contribution in [-0.4, -0.2) is 54.3 Å². The number of piperidine rings is 1. The topological polar surface area (TPSA) is 79.5 Å². The van der Waals surface area contributed by atoms with Gasteiger partial charge in [-0.05, 0) is 51.7 Å². The molecule has 0 atom stereocenters. The Morgan fingerprint density at radius 2 is 1.88 bits per heavy atom. The number of fused-ring (bicyclic) bond motifs is 1. The number of nitrogen functional groups attached to an aromatic ring is 1. The molecule has 0 amide bonds. The van der Waals surface area contributed by atoms with Gasteiger partial charge in [-0.2, -0.15) is 9.97 Å². The van der Waals surface area contributed by atoms with Crippen molar-refractivity contribution in [3.8, 4) is 6.01 Å². The third kappa shape index (κ3) is 4.87. The summed E-state index contributed by atoms with van der Waals surface area (Å²) in [6, 6.07) is 0.395. The van der Waals surface area contributed by atoms with Gasteiger partial charge in [0.15, 0.2) is 11.6 Å². The van der Waals surface area contributed by atoms with E-state index in [4.69, 9.17) is 10.5 Å². The average molecular weight is 348 g/mol. The largest absolute Gasteiger partial charge is 0.463 e. The van der Waals surface area contributed by atoms with Crippen LogP contribution in [0.5, 0.6) is 6.01 Å². The predicted octanol–water partition coefficient (Wildman–Crippen LogP) is 2.69. The molecule has 3 N–H and O–H groups in total. The molecule has 0 saturated carbocycles. The highest BCUT2D eigenvalue weighted by atomic mass is 16.5. The van der Waals surface area contributed by atoms with Gasteiger partial charge in [0.1, 0.15) is 5.69 Å².